The van der Waals surface area contributed by atoms with Crippen LogP contribution in [-0.2, 0) is 0 Å². The smallest absolute Gasteiger partial charge is 0.134 e. The predicted octanol–water partition coefficient (Wildman–Crippen LogP) is 0.340. The Balaban J connectivity index is 3.03. The number of aliphatic hydroxyl groups excluding tert-OH is 1. The van der Waals surface area contributed by atoms with Gasteiger partial charge in [0.25, 0.3) is 0 Å². The summed E-state index contributed by atoms with van der Waals surface area (Å²) in [5.41, 5.74) is 0. The molecule has 0 radical (unpaired) electrons. The average Bonchev–Trinajstić information content (AvgIpc) is 1.68. The van der Waals surface area contributed by atoms with Crippen LogP contribution in [0, 0.1) is 12.3 Å². The van der Waals surface area contributed by atoms with Crippen molar-refractivity contribution in [1.82, 2.24) is 0 Å². The first-order valence-corrected chi connectivity index (χ1v) is 1.99. The molecule has 0 aromatic rings. The van der Waals surface area contributed by atoms with Crippen LogP contribution in [0.4, 0.5) is 4.39 Å². The van der Waals surface area contributed by atoms with E-state index in [2.05, 4.69) is 5.92 Å². The van der Waals surface area contributed by atoms with Gasteiger partial charge in [-0.05, 0) is 0 Å². The molecule has 0 unspecified atom stereocenters. The van der Waals surface area contributed by atoms with Gasteiger partial charge in [-0.2, -0.15) is 0 Å². The van der Waals surface area contributed by atoms with Crippen LogP contribution in [0.2, 0.25) is 0 Å². The summed E-state index contributed by atoms with van der Waals surface area (Å²) in [4.78, 5) is 0. The maximum atomic E-state index is 11.7. The maximum Gasteiger partial charge on any atom is 0.134 e. The molecule has 0 spiro atoms. The number of aliphatic hydroxyl groups is 1. The van der Waals surface area contributed by atoms with Gasteiger partial charge in [-0.25, -0.2) is 4.39 Å². The Hall–Kier alpha value is -0.550. The second kappa shape index (κ2) is 3.63. The summed E-state index contributed by atoms with van der Waals surface area (Å²) in [5, 5.41) is 8.00. The highest BCUT2D eigenvalue weighted by Gasteiger charge is 1.98. The lowest BCUT2D eigenvalue weighted by atomic mass is 10.3. The molecular formula is C5H7FO. The van der Waals surface area contributed by atoms with Gasteiger partial charge in [0, 0.05) is 6.42 Å². The van der Waals surface area contributed by atoms with Gasteiger partial charge in [0.05, 0.1) is 6.61 Å². The molecule has 0 saturated heterocycles. The van der Waals surface area contributed by atoms with Crippen LogP contribution in [0.5, 0.6) is 0 Å². The van der Waals surface area contributed by atoms with Crippen LogP contribution in [0.3, 0.4) is 0 Å². The fraction of sp³-hybridized carbons (Fsp3) is 0.600. The van der Waals surface area contributed by atoms with E-state index in [1.807, 2.05) is 0 Å². The molecule has 0 bridgehead atoms. The first-order chi connectivity index (χ1) is 3.31. The molecule has 1 nitrogen and oxygen atoms in total. The highest BCUT2D eigenvalue weighted by atomic mass is 19.1. The van der Waals surface area contributed by atoms with E-state index >= 15 is 0 Å². The molecule has 2 heteroatoms. The lowest BCUT2D eigenvalue weighted by Crippen LogP contribution is -2.03. The van der Waals surface area contributed by atoms with Gasteiger partial charge in [-0.3, -0.25) is 0 Å². The third kappa shape index (κ3) is 3.28. The van der Waals surface area contributed by atoms with E-state index in [4.69, 9.17) is 11.5 Å². The molecule has 7 heavy (non-hydrogen) atoms. The summed E-state index contributed by atoms with van der Waals surface area (Å²) in [7, 11) is 0. The number of rotatable bonds is 2. The van der Waals surface area contributed by atoms with Crippen molar-refractivity contribution < 1.29 is 9.50 Å². The number of alkyl halides is 1. The first-order valence-electron chi connectivity index (χ1n) is 1.99. The van der Waals surface area contributed by atoms with E-state index in [9.17, 15) is 4.39 Å². The van der Waals surface area contributed by atoms with Gasteiger partial charge in [0.1, 0.15) is 6.17 Å². The standard InChI is InChI=1S/C5H7FO/c1-2-3-5(6)4-7/h1,5,7H,3-4H2/t5-/m0/s1. The fourth-order valence-corrected chi connectivity index (χ4v) is 0.192. The van der Waals surface area contributed by atoms with Crippen LogP contribution < -0.4 is 0 Å². The number of hydrogen-bond acceptors (Lipinski definition) is 1. The Kier molecular flexibility index (Phi) is 3.35. The molecule has 0 aliphatic carbocycles. The average molecular weight is 102 g/mol. The van der Waals surface area contributed by atoms with Crippen LogP contribution in [-0.4, -0.2) is 17.9 Å². The predicted molar refractivity (Wildman–Crippen MR) is 25.4 cm³/mol. The summed E-state index contributed by atoms with van der Waals surface area (Å²) >= 11 is 0. The topological polar surface area (TPSA) is 20.2 Å². The Morgan fingerprint density at radius 2 is 2.43 bits per heavy atom. The largest absolute Gasteiger partial charge is 0.393 e. The molecule has 0 aromatic carbocycles. The van der Waals surface area contributed by atoms with Gasteiger partial charge in [0.15, 0.2) is 0 Å². The van der Waals surface area contributed by atoms with E-state index in [-0.39, 0.29) is 6.42 Å². The maximum absolute atomic E-state index is 11.7. The molecule has 1 atom stereocenters. The van der Waals surface area contributed by atoms with E-state index in [0.29, 0.717) is 0 Å². The van der Waals surface area contributed by atoms with Gasteiger partial charge in [-0.1, -0.05) is 0 Å². The molecule has 0 heterocycles. The number of hydrogen-bond donors (Lipinski definition) is 1. The second-order valence-corrected chi connectivity index (χ2v) is 1.19. The van der Waals surface area contributed by atoms with Crippen molar-refractivity contribution in [2.24, 2.45) is 0 Å². The Bertz CT molecular complexity index is 74.6. The SMILES string of the molecule is C#CC[C@H](F)CO. The molecule has 0 saturated carbocycles. The van der Waals surface area contributed by atoms with Crippen molar-refractivity contribution in [3.63, 3.8) is 0 Å². The zero-order chi connectivity index (χ0) is 5.70. The van der Waals surface area contributed by atoms with Gasteiger partial charge in [0.2, 0.25) is 0 Å². The molecule has 0 aliphatic heterocycles. The van der Waals surface area contributed by atoms with Crippen LogP contribution in [0.25, 0.3) is 0 Å². The molecule has 0 amide bonds. The van der Waals surface area contributed by atoms with Gasteiger partial charge < -0.3 is 5.11 Å². The monoisotopic (exact) mass is 102 g/mol. The summed E-state index contributed by atoms with van der Waals surface area (Å²) in [6, 6.07) is 0. The van der Waals surface area contributed by atoms with Crippen LogP contribution >= 0.6 is 0 Å². The highest BCUT2D eigenvalue weighted by molar-refractivity contribution is 4.86. The molecule has 0 aliphatic rings. The molecule has 0 rings (SSSR count). The number of halogens is 1. The molecule has 0 fully saturated rings. The third-order valence-corrected chi connectivity index (χ3v) is 0.537. The first kappa shape index (κ1) is 6.45. The highest BCUT2D eigenvalue weighted by Crippen LogP contribution is 1.91. The quantitative estimate of drug-likeness (QED) is 0.498. The lowest BCUT2D eigenvalue weighted by Gasteiger charge is -1.93. The third-order valence-electron chi connectivity index (χ3n) is 0.537. The molecular weight excluding hydrogens is 95.1 g/mol. The summed E-state index contributed by atoms with van der Waals surface area (Å²) in [6.45, 7) is -0.468. The van der Waals surface area contributed by atoms with E-state index < -0.39 is 12.8 Å². The van der Waals surface area contributed by atoms with Crippen molar-refractivity contribution in [3.05, 3.63) is 0 Å². The normalized spacial score (nSPS) is 12.7. The fourth-order valence-electron chi connectivity index (χ4n) is 0.192. The van der Waals surface area contributed by atoms with Gasteiger partial charge in [-0.15, -0.1) is 12.3 Å². The van der Waals surface area contributed by atoms with Crippen molar-refractivity contribution in [1.29, 1.82) is 0 Å². The minimum atomic E-state index is -1.23. The zero-order valence-corrected chi connectivity index (χ0v) is 3.89. The minimum absolute atomic E-state index is 0.0104. The van der Waals surface area contributed by atoms with Gasteiger partial charge >= 0.3 is 0 Å². The minimum Gasteiger partial charge on any atom is -0.393 e. The molecule has 1 N–H and O–H groups in total. The summed E-state index contributed by atoms with van der Waals surface area (Å²) in [6.07, 6.45) is 3.48. The van der Waals surface area contributed by atoms with Crippen molar-refractivity contribution in [2.75, 3.05) is 6.61 Å². The van der Waals surface area contributed by atoms with Crippen molar-refractivity contribution >= 4 is 0 Å². The van der Waals surface area contributed by atoms with Crippen molar-refractivity contribution in [3.8, 4) is 12.3 Å². The van der Waals surface area contributed by atoms with E-state index in [1.54, 1.807) is 0 Å². The summed E-state index contributed by atoms with van der Waals surface area (Å²) in [5.74, 6) is 2.08. The van der Waals surface area contributed by atoms with Crippen LogP contribution in [0.1, 0.15) is 6.42 Å². The Labute approximate surface area is 42.2 Å². The second-order valence-electron chi connectivity index (χ2n) is 1.19. The summed E-state index contributed by atoms with van der Waals surface area (Å²) < 4.78 is 11.7. The Morgan fingerprint density at radius 1 is 1.86 bits per heavy atom. The van der Waals surface area contributed by atoms with Crippen molar-refractivity contribution in [2.45, 2.75) is 12.6 Å². The molecule has 40 valence electrons. The Morgan fingerprint density at radius 3 is 2.57 bits per heavy atom. The van der Waals surface area contributed by atoms with E-state index in [0.717, 1.165) is 0 Å². The van der Waals surface area contributed by atoms with Crippen LogP contribution in [0.15, 0.2) is 0 Å². The van der Waals surface area contributed by atoms with E-state index in [1.165, 1.54) is 0 Å². The number of terminal acetylenes is 1. The zero-order valence-electron chi connectivity index (χ0n) is 3.89. The molecule has 0 aromatic heterocycles. The lowest BCUT2D eigenvalue weighted by molar-refractivity contribution is 0.181.